The third kappa shape index (κ3) is 3.32. The van der Waals surface area contributed by atoms with Crippen LogP contribution in [-0.2, 0) is 10.0 Å². The van der Waals surface area contributed by atoms with Crippen LogP contribution in [0.15, 0.2) is 17.0 Å². The first-order valence-corrected chi connectivity index (χ1v) is 9.30. The largest absolute Gasteiger partial charge is 0.394 e. The molecule has 1 aliphatic rings. The molecule has 0 atom stereocenters. The molecule has 0 aliphatic heterocycles. The highest BCUT2D eigenvalue weighted by Gasteiger charge is 2.35. The number of rotatable bonds is 5. The van der Waals surface area contributed by atoms with E-state index in [0.29, 0.717) is 0 Å². The lowest BCUT2D eigenvalue weighted by Crippen LogP contribution is -2.38. The van der Waals surface area contributed by atoms with Gasteiger partial charge in [-0.15, -0.1) is 0 Å². The Bertz CT molecular complexity index is 629. The molecule has 1 aliphatic carbocycles. The van der Waals surface area contributed by atoms with E-state index >= 15 is 0 Å². The maximum Gasteiger partial charge on any atom is 0.243 e. The minimum atomic E-state index is -4.05. The molecular weight excluding hydrogens is 318 g/mol. The number of thioether (sulfide) groups is 1. The van der Waals surface area contributed by atoms with Crippen LogP contribution in [0, 0.1) is 11.6 Å². The van der Waals surface area contributed by atoms with Gasteiger partial charge in [0, 0.05) is 11.3 Å². The quantitative estimate of drug-likeness (QED) is 0.811. The molecule has 2 rings (SSSR count). The molecule has 0 spiro atoms. The second kappa shape index (κ2) is 6.10. The molecule has 0 amide bonds. The zero-order valence-corrected chi connectivity index (χ0v) is 13.3. The summed E-state index contributed by atoms with van der Waals surface area (Å²) in [7, 11) is -4.05. The summed E-state index contributed by atoms with van der Waals surface area (Å²) in [6, 6.07) is 1.75. The van der Waals surface area contributed by atoms with Gasteiger partial charge in [0.25, 0.3) is 0 Å². The SMILES string of the molecule is CSC1(CNS(=O)(=O)c2ccc(F)c(N)c2F)CCCC1. The van der Waals surface area contributed by atoms with E-state index in [1.807, 2.05) is 6.26 Å². The van der Waals surface area contributed by atoms with Crippen molar-refractivity contribution in [3.8, 4) is 0 Å². The summed E-state index contributed by atoms with van der Waals surface area (Å²) in [5, 5.41) is 0. The normalized spacial score (nSPS) is 18.0. The summed E-state index contributed by atoms with van der Waals surface area (Å²) in [5.74, 6) is -2.21. The summed E-state index contributed by atoms with van der Waals surface area (Å²) >= 11 is 1.62. The van der Waals surface area contributed by atoms with E-state index in [-0.39, 0.29) is 11.3 Å². The number of hydrogen-bond donors (Lipinski definition) is 2. The predicted octanol–water partition coefficient (Wildman–Crippen LogP) is 2.50. The lowest BCUT2D eigenvalue weighted by molar-refractivity contribution is 0.534. The molecule has 1 fully saturated rings. The monoisotopic (exact) mass is 336 g/mol. The van der Waals surface area contributed by atoms with E-state index in [1.54, 1.807) is 11.8 Å². The highest BCUT2D eigenvalue weighted by Crippen LogP contribution is 2.39. The Morgan fingerprint density at radius 1 is 1.33 bits per heavy atom. The highest BCUT2D eigenvalue weighted by molar-refractivity contribution is 8.00. The maximum absolute atomic E-state index is 13.8. The first kappa shape index (κ1) is 16.5. The van der Waals surface area contributed by atoms with Crippen molar-refractivity contribution in [2.75, 3.05) is 18.5 Å². The summed E-state index contributed by atoms with van der Waals surface area (Å²) in [4.78, 5) is -0.615. The molecule has 1 saturated carbocycles. The number of halogens is 2. The maximum atomic E-state index is 13.8. The third-order valence-electron chi connectivity index (χ3n) is 3.91. The van der Waals surface area contributed by atoms with E-state index in [0.717, 1.165) is 37.8 Å². The summed E-state index contributed by atoms with van der Waals surface area (Å²) in [6.45, 7) is 0.229. The van der Waals surface area contributed by atoms with Crippen LogP contribution >= 0.6 is 11.8 Å². The van der Waals surface area contributed by atoms with Gasteiger partial charge in [-0.05, 0) is 31.2 Å². The van der Waals surface area contributed by atoms with Crippen LogP contribution in [0.25, 0.3) is 0 Å². The van der Waals surface area contributed by atoms with Crippen LogP contribution < -0.4 is 10.5 Å². The van der Waals surface area contributed by atoms with Gasteiger partial charge in [0.2, 0.25) is 10.0 Å². The standard InChI is InChI=1S/C13H18F2N2O2S2/c1-20-13(6-2-3-7-13)8-17-21(18,19)10-5-4-9(14)12(16)11(10)15/h4-5,17H,2-3,6-8,16H2,1H3. The van der Waals surface area contributed by atoms with E-state index in [2.05, 4.69) is 4.72 Å². The molecule has 1 aromatic carbocycles. The van der Waals surface area contributed by atoms with Gasteiger partial charge in [-0.2, -0.15) is 11.8 Å². The number of hydrogen-bond acceptors (Lipinski definition) is 4. The number of anilines is 1. The molecule has 3 N–H and O–H groups in total. The fraction of sp³-hybridized carbons (Fsp3) is 0.538. The lowest BCUT2D eigenvalue weighted by Gasteiger charge is -2.26. The van der Waals surface area contributed by atoms with Crippen molar-refractivity contribution in [2.24, 2.45) is 0 Å². The first-order chi connectivity index (χ1) is 9.81. The van der Waals surface area contributed by atoms with Crippen molar-refractivity contribution in [3.05, 3.63) is 23.8 Å². The topological polar surface area (TPSA) is 72.2 Å². The number of nitrogen functional groups attached to an aromatic ring is 1. The fourth-order valence-corrected chi connectivity index (χ4v) is 4.75. The number of nitrogens with two attached hydrogens (primary N) is 1. The molecule has 0 radical (unpaired) electrons. The molecular formula is C13H18F2N2O2S2. The van der Waals surface area contributed by atoms with E-state index in [1.165, 1.54) is 0 Å². The average Bonchev–Trinajstić information content (AvgIpc) is 2.92. The molecule has 8 heteroatoms. The van der Waals surface area contributed by atoms with Gasteiger partial charge in [0.15, 0.2) is 5.82 Å². The zero-order chi connectivity index (χ0) is 15.7. The zero-order valence-electron chi connectivity index (χ0n) is 11.7. The Balaban J connectivity index is 2.21. The van der Waals surface area contributed by atoms with E-state index in [4.69, 9.17) is 5.73 Å². The molecule has 21 heavy (non-hydrogen) atoms. The first-order valence-electron chi connectivity index (χ1n) is 6.60. The van der Waals surface area contributed by atoms with Crippen molar-refractivity contribution < 1.29 is 17.2 Å². The number of nitrogens with one attached hydrogen (secondary N) is 1. The second-order valence-corrected chi connectivity index (χ2v) is 8.20. The minimum absolute atomic E-state index is 0.144. The molecule has 1 aromatic rings. The van der Waals surface area contributed by atoms with Crippen LogP contribution in [0.5, 0.6) is 0 Å². The second-order valence-electron chi connectivity index (χ2n) is 5.19. The van der Waals surface area contributed by atoms with Gasteiger partial charge in [-0.1, -0.05) is 12.8 Å². The van der Waals surface area contributed by atoms with Gasteiger partial charge in [0.1, 0.15) is 16.4 Å². The van der Waals surface area contributed by atoms with Crippen molar-refractivity contribution in [1.82, 2.24) is 4.72 Å². The molecule has 0 aromatic heterocycles. The van der Waals surface area contributed by atoms with Crippen LogP contribution in [0.4, 0.5) is 14.5 Å². The number of benzene rings is 1. The summed E-state index contributed by atoms with van der Waals surface area (Å²) in [6.07, 6.45) is 5.90. The van der Waals surface area contributed by atoms with Crippen LogP contribution in [0.1, 0.15) is 25.7 Å². The average molecular weight is 336 g/mol. The van der Waals surface area contributed by atoms with Crippen molar-refractivity contribution >= 4 is 27.5 Å². The van der Waals surface area contributed by atoms with Crippen molar-refractivity contribution in [2.45, 2.75) is 35.3 Å². The van der Waals surface area contributed by atoms with Gasteiger partial charge in [0.05, 0.1) is 0 Å². The summed E-state index contributed by atoms with van der Waals surface area (Å²) < 4.78 is 53.6. The van der Waals surface area contributed by atoms with E-state index < -0.39 is 32.2 Å². The molecule has 0 unspecified atom stereocenters. The van der Waals surface area contributed by atoms with Crippen LogP contribution in [0.2, 0.25) is 0 Å². The smallest absolute Gasteiger partial charge is 0.243 e. The van der Waals surface area contributed by atoms with Gasteiger partial charge < -0.3 is 5.73 Å². The van der Waals surface area contributed by atoms with Gasteiger partial charge in [-0.25, -0.2) is 21.9 Å². The predicted molar refractivity (Wildman–Crippen MR) is 80.7 cm³/mol. The minimum Gasteiger partial charge on any atom is -0.394 e. The van der Waals surface area contributed by atoms with Crippen molar-refractivity contribution in [1.29, 1.82) is 0 Å². The molecule has 4 nitrogen and oxygen atoms in total. The Kier molecular flexibility index (Phi) is 4.79. The number of sulfonamides is 1. The lowest BCUT2D eigenvalue weighted by atomic mass is 10.1. The highest BCUT2D eigenvalue weighted by atomic mass is 32.2. The summed E-state index contributed by atoms with van der Waals surface area (Å²) in [5.41, 5.74) is 4.42. The van der Waals surface area contributed by atoms with Crippen molar-refractivity contribution in [3.63, 3.8) is 0 Å². The Labute approximate surface area is 127 Å². The Morgan fingerprint density at radius 2 is 1.95 bits per heavy atom. The van der Waals surface area contributed by atoms with Gasteiger partial charge in [-0.3, -0.25) is 0 Å². The molecule has 0 heterocycles. The Hall–Kier alpha value is -0.860. The van der Waals surface area contributed by atoms with Crippen LogP contribution in [0.3, 0.4) is 0 Å². The fourth-order valence-electron chi connectivity index (χ4n) is 2.53. The van der Waals surface area contributed by atoms with Gasteiger partial charge >= 0.3 is 0 Å². The molecule has 0 saturated heterocycles. The molecule has 0 bridgehead atoms. The van der Waals surface area contributed by atoms with Crippen LogP contribution in [-0.4, -0.2) is 26.0 Å². The Morgan fingerprint density at radius 3 is 2.52 bits per heavy atom. The third-order valence-corrected chi connectivity index (χ3v) is 6.75. The molecule has 118 valence electrons. The van der Waals surface area contributed by atoms with E-state index in [9.17, 15) is 17.2 Å².